The maximum absolute atomic E-state index is 12.1. The zero-order valence-corrected chi connectivity index (χ0v) is 18.1. The molecule has 0 fully saturated rings. The maximum atomic E-state index is 12.1. The van der Waals surface area contributed by atoms with Gasteiger partial charge in [-0.15, -0.1) is 0 Å². The first-order valence-corrected chi connectivity index (χ1v) is 8.73. The van der Waals surface area contributed by atoms with Crippen molar-refractivity contribution in [3.63, 3.8) is 0 Å². The summed E-state index contributed by atoms with van der Waals surface area (Å²) < 4.78 is 24.4. The van der Waals surface area contributed by atoms with Gasteiger partial charge in [0.2, 0.25) is 10.0 Å². The van der Waals surface area contributed by atoms with Crippen molar-refractivity contribution >= 4 is 39.2 Å². The molecule has 0 saturated carbocycles. The van der Waals surface area contributed by atoms with E-state index >= 15 is 0 Å². The van der Waals surface area contributed by atoms with Gasteiger partial charge in [-0.25, -0.2) is 8.42 Å². The Morgan fingerprint density at radius 3 is 2.38 bits per heavy atom. The van der Waals surface area contributed by atoms with Crippen LogP contribution in [0.15, 0.2) is 18.2 Å². The van der Waals surface area contributed by atoms with Gasteiger partial charge in [0.1, 0.15) is 0 Å². The third-order valence-corrected chi connectivity index (χ3v) is 3.60. The number of anilines is 1. The molecule has 2 atom stereocenters. The van der Waals surface area contributed by atoms with E-state index in [9.17, 15) is 28.2 Å². The molecule has 0 radical (unpaired) electrons. The van der Waals surface area contributed by atoms with E-state index in [0.717, 1.165) is 6.26 Å². The number of nitrogens with one attached hydrogen (secondary N) is 2. The standard InChI is InChI=1S/C13H17ClN2O6S.K/c1-7(17)5-11(13(19)20)15-12(18)9-4-3-8(6-10(9)14)16-23(2,21)22;/h3-4,6-7,11,16-17H,5H2,1-2H3,(H,15,18)(H,19,20);/q;+1/p-1. The molecule has 0 aliphatic rings. The topological polar surface area (TPSA) is 136 Å². The third-order valence-electron chi connectivity index (χ3n) is 2.68. The quantitative estimate of drug-likeness (QED) is 0.402. The van der Waals surface area contributed by atoms with Crippen LogP contribution in [0.2, 0.25) is 5.02 Å². The second-order valence-corrected chi connectivity index (χ2v) is 7.15. The number of carbonyl (C=O) groups excluding carboxylic acids is 2. The summed E-state index contributed by atoms with van der Waals surface area (Å²) in [5.41, 5.74) is 0.122. The zero-order valence-electron chi connectivity index (χ0n) is 13.4. The van der Waals surface area contributed by atoms with E-state index in [4.69, 9.17) is 11.6 Å². The Labute approximate surface area is 187 Å². The minimum atomic E-state index is -3.49. The summed E-state index contributed by atoms with van der Waals surface area (Å²) in [5.74, 6) is -2.32. The van der Waals surface area contributed by atoms with Gasteiger partial charge < -0.3 is 20.3 Å². The molecule has 0 heterocycles. The van der Waals surface area contributed by atoms with Crippen molar-refractivity contribution in [1.82, 2.24) is 5.32 Å². The fourth-order valence-electron chi connectivity index (χ4n) is 1.77. The Hall–Kier alpha value is -0.204. The molecule has 0 aliphatic heterocycles. The molecule has 0 aromatic heterocycles. The smallest absolute Gasteiger partial charge is 0.548 e. The third kappa shape index (κ3) is 8.25. The summed E-state index contributed by atoms with van der Waals surface area (Å²) in [6, 6.07) is 2.40. The SMILES string of the molecule is CC(O)CC(NC(=O)c1ccc(NS(C)(=O)=O)cc1Cl)C(=O)[O-].[K+]. The first-order chi connectivity index (χ1) is 10.5. The number of aliphatic hydroxyl groups excluding tert-OH is 1. The molecule has 0 aliphatic carbocycles. The molecule has 8 nitrogen and oxygen atoms in total. The molecule has 1 rings (SSSR count). The second kappa shape index (κ2) is 10.1. The molecule has 1 aromatic rings. The summed E-state index contributed by atoms with van der Waals surface area (Å²) >= 11 is 5.91. The number of carbonyl (C=O) groups is 2. The predicted octanol–water partition coefficient (Wildman–Crippen LogP) is -3.67. The molecule has 2 unspecified atom stereocenters. The van der Waals surface area contributed by atoms with Crippen LogP contribution in [0.25, 0.3) is 0 Å². The van der Waals surface area contributed by atoms with Crippen molar-refractivity contribution < 1.29 is 79.6 Å². The van der Waals surface area contributed by atoms with Gasteiger partial charge in [-0.3, -0.25) is 9.52 Å². The van der Waals surface area contributed by atoms with Gasteiger partial charge in [-0.1, -0.05) is 11.6 Å². The Balaban J connectivity index is 0.00000529. The van der Waals surface area contributed by atoms with Crippen LogP contribution in [0.3, 0.4) is 0 Å². The van der Waals surface area contributed by atoms with Gasteiger partial charge in [0.25, 0.3) is 5.91 Å². The molecule has 24 heavy (non-hydrogen) atoms. The zero-order chi connectivity index (χ0) is 17.8. The fourth-order valence-corrected chi connectivity index (χ4v) is 2.59. The van der Waals surface area contributed by atoms with E-state index < -0.39 is 34.0 Å². The van der Waals surface area contributed by atoms with Crippen LogP contribution in [0.5, 0.6) is 0 Å². The Kier molecular flexibility index (Phi) is 9.98. The summed E-state index contributed by atoms with van der Waals surface area (Å²) in [5, 5.41) is 22.3. The Morgan fingerprint density at radius 1 is 1.38 bits per heavy atom. The van der Waals surface area contributed by atoms with Crippen LogP contribution in [0.4, 0.5) is 5.69 Å². The molecule has 3 N–H and O–H groups in total. The summed E-state index contributed by atoms with van der Waals surface area (Å²) in [6.07, 6.45) is -0.212. The van der Waals surface area contributed by atoms with Crippen LogP contribution in [-0.4, -0.2) is 43.8 Å². The van der Waals surface area contributed by atoms with Gasteiger partial charge in [0.15, 0.2) is 0 Å². The minimum Gasteiger partial charge on any atom is -0.548 e. The monoisotopic (exact) mass is 402 g/mol. The van der Waals surface area contributed by atoms with Gasteiger partial charge in [0, 0.05) is 5.69 Å². The molecule has 0 spiro atoms. The number of rotatable bonds is 7. The van der Waals surface area contributed by atoms with Gasteiger partial charge in [0.05, 0.1) is 35.0 Å². The average Bonchev–Trinajstić information content (AvgIpc) is 2.35. The number of hydrogen-bond donors (Lipinski definition) is 3. The van der Waals surface area contributed by atoms with Crippen molar-refractivity contribution in [2.45, 2.75) is 25.5 Å². The van der Waals surface area contributed by atoms with Crippen molar-refractivity contribution in [2.75, 3.05) is 11.0 Å². The first-order valence-electron chi connectivity index (χ1n) is 6.46. The van der Waals surface area contributed by atoms with E-state index in [1.54, 1.807) is 0 Å². The molecule has 0 bridgehead atoms. The van der Waals surface area contributed by atoms with Crippen LogP contribution < -0.4 is 66.5 Å². The van der Waals surface area contributed by atoms with E-state index in [1.807, 2.05) is 0 Å². The Bertz CT molecular complexity index is 710. The van der Waals surface area contributed by atoms with Crippen molar-refractivity contribution in [2.24, 2.45) is 0 Å². The summed E-state index contributed by atoms with van der Waals surface area (Å²) in [4.78, 5) is 23.0. The van der Waals surface area contributed by atoms with E-state index in [-0.39, 0.29) is 74.1 Å². The summed E-state index contributed by atoms with van der Waals surface area (Å²) in [7, 11) is -3.49. The molecule has 11 heteroatoms. The van der Waals surface area contributed by atoms with E-state index in [0.29, 0.717) is 0 Å². The van der Waals surface area contributed by atoms with Crippen molar-refractivity contribution in [1.29, 1.82) is 0 Å². The maximum Gasteiger partial charge on any atom is 1.00 e. The van der Waals surface area contributed by atoms with Gasteiger partial charge >= 0.3 is 51.4 Å². The number of sulfonamides is 1. The normalized spacial score (nSPS) is 13.3. The number of aliphatic hydroxyl groups is 1. The largest absolute Gasteiger partial charge is 1.00 e. The number of aliphatic carboxylic acids is 1. The van der Waals surface area contributed by atoms with Crippen LogP contribution >= 0.6 is 11.6 Å². The molecule has 1 aromatic carbocycles. The van der Waals surface area contributed by atoms with Crippen LogP contribution in [0.1, 0.15) is 23.7 Å². The molecule has 128 valence electrons. The fraction of sp³-hybridized carbons (Fsp3) is 0.385. The number of carboxylic acids is 1. The number of hydrogen-bond acceptors (Lipinski definition) is 6. The van der Waals surface area contributed by atoms with E-state index in [1.165, 1.54) is 25.1 Å². The number of benzene rings is 1. The predicted molar refractivity (Wildman–Crippen MR) is 82.5 cm³/mol. The summed E-state index contributed by atoms with van der Waals surface area (Å²) in [6.45, 7) is 1.38. The molecular weight excluding hydrogens is 387 g/mol. The minimum absolute atomic E-state index is 0. The van der Waals surface area contributed by atoms with Crippen molar-refractivity contribution in [3.05, 3.63) is 28.8 Å². The Morgan fingerprint density at radius 2 is 1.96 bits per heavy atom. The molecule has 1 amide bonds. The van der Waals surface area contributed by atoms with Gasteiger partial charge in [-0.05, 0) is 31.5 Å². The number of amides is 1. The van der Waals surface area contributed by atoms with Crippen LogP contribution in [-0.2, 0) is 14.8 Å². The van der Waals surface area contributed by atoms with Gasteiger partial charge in [-0.2, -0.15) is 0 Å². The van der Waals surface area contributed by atoms with Crippen LogP contribution in [0, 0.1) is 0 Å². The number of halogens is 1. The molecule has 0 saturated heterocycles. The first kappa shape index (κ1) is 23.8. The molecular formula is C13H16ClKN2O6S. The number of carboxylic acid groups (broad SMARTS) is 1. The average molecular weight is 403 g/mol. The van der Waals surface area contributed by atoms with E-state index in [2.05, 4.69) is 10.0 Å². The second-order valence-electron chi connectivity index (χ2n) is 5.00. The van der Waals surface area contributed by atoms with Crippen molar-refractivity contribution in [3.8, 4) is 0 Å².